The number of nitrogens with one attached hydrogen (secondary N) is 3. The van der Waals surface area contributed by atoms with Crippen molar-refractivity contribution in [2.24, 2.45) is 0 Å². The van der Waals surface area contributed by atoms with Crippen molar-refractivity contribution in [3.8, 4) is 0 Å². The highest BCUT2D eigenvalue weighted by atomic mass is 35.5. The molecule has 10 nitrogen and oxygen atoms in total. The molecule has 0 bridgehead atoms. The highest BCUT2D eigenvalue weighted by Gasteiger charge is 2.27. The van der Waals surface area contributed by atoms with Crippen LogP contribution in [0.5, 0.6) is 0 Å². The number of hydrogen-bond donors (Lipinski definition) is 3. The minimum absolute atomic E-state index is 0.0846. The fraction of sp³-hybridized carbons (Fsp3) is 0.125. The van der Waals surface area contributed by atoms with E-state index < -0.39 is 31.7 Å². The minimum atomic E-state index is -4.26. The second-order valence-electron chi connectivity index (χ2n) is 8.24. The summed E-state index contributed by atoms with van der Waals surface area (Å²) in [6.45, 7) is 5.30. The van der Waals surface area contributed by atoms with E-state index in [-0.39, 0.29) is 15.6 Å². The minimum Gasteiger partial charge on any atom is -0.387 e. The third-order valence-electron chi connectivity index (χ3n) is 5.43. The van der Waals surface area contributed by atoms with Gasteiger partial charge in [-0.05, 0) is 62.7 Å². The normalized spacial score (nSPS) is 11.8. The molecule has 0 amide bonds. The molecule has 0 aliphatic heterocycles. The number of aromatic nitrogens is 1. The zero-order valence-corrected chi connectivity index (χ0v) is 22.3. The van der Waals surface area contributed by atoms with E-state index in [2.05, 4.69) is 14.9 Å². The Balaban J connectivity index is 1.81. The number of aryl methyl sites for hydroxylation is 2. The lowest BCUT2D eigenvalue weighted by Crippen LogP contribution is -2.31. The molecule has 0 spiro atoms. The quantitative estimate of drug-likeness (QED) is 0.287. The van der Waals surface area contributed by atoms with Crippen LogP contribution in [-0.2, 0) is 20.0 Å². The first-order valence-corrected chi connectivity index (χ1v) is 14.2. The van der Waals surface area contributed by atoms with Crippen LogP contribution in [0.2, 0.25) is 5.02 Å². The molecule has 4 aromatic rings. The summed E-state index contributed by atoms with van der Waals surface area (Å²) in [5.41, 5.74) is 2.64. The van der Waals surface area contributed by atoms with Crippen LogP contribution in [0.4, 0.5) is 17.4 Å². The van der Waals surface area contributed by atoms with Gasteiger partial charge in [-0.15, -0.1) is 0 Å². The van der Waals surface area contributed by atoms with Crippen molar-refractivity contribution in [1.29, 1.82) is 0 Å². The number of anilines is 3. The molecule has 3 aromatic carbocycles. The van der Waals surface area contributed by atoms with Gasteiger partial charge in [0.1, 0.15) is 0 Å². The zero-order chi connectivity index (χ0) is 27.0. The van der Waals surface area contributed by atoms with Gasteiger partial charge in [-0.1, -0.05) is 53.1 Å². The van der Waals surface area contributed by atoms with Crippen LogP contribution in [0.3, 0.4) is 0 Å². The van der Waals surface area contributed by atoms with Gasteiger partial charge < -0.3 is 9.73 Å². The van der Waals surface area contributed by atoms with E-state index >= 15 is 0 Å². The van der Waals surface area contributed by atoms with E-state index in [9.17, 15) is 21.6 Å². The summed E-state index contributed by atoms with van der Waals surface area (Å²) in [6, 6.07) is 16.8. The molecule has 13 heteroatoms. The molecule has 1 aromatic heterocycles. The molecule has 0 radical (unpaired) electrons. The standard InChI is InChI=1S/C24H23ClN4O6S2/c1-15-7-11-18(12-8-15)36(31,32)27-23-22(26-21-6-4-5-20(25)17(21)3)29(24(30)35-23)28-37(33,34)19-13-9-16(2)10-14-19/h4-14,26-28H,1-3H3. The first kappa shape index (κ1) is 26.3. The molecule has 1 heterocycles. The third-order valence-corrected chi connectivity index (χ3v) is 8.50. The van der Waals surface area contributed by atoms with Gasteiger partial charge >= 0.3 is 5.76 Å². The highest BCUT2D eigenvalue weighted by molar-refractivity contribution is 7.93. The SMILES string of the molecule is Cc1ccc(S(=O)(=O)Nc2oc(=O)n(NS(=O)(=O)c3ccc(C)cc3)c2Nc2cccc(Cl)c2C)cc1. The van der Waals surface area contributed by atoms with Gasteiger partial charge in [0.05, 0.1) is 9.79 Å². The van der Waals surface area contributed by atoms with Gasteiger partial charge in [-0.3, -0.25) is 0 Å². The molecule has 0 aliphatic rings. The Bertz CT molecular complexity index is 1730. The molecule has 0 fully saturated rings. The maximum Gasteiger partial charge on any atom is 0.442 e. The van der Waals surface area contributed by atoms with Gasteiger partial charge in [0.2, 0.25) is 0 Å². The summed E-state index contributed by atoms with van der Waals surface area (Å²) in [6.07, 6.45) is 0. The summed E-state index contributed by atoms with van der Waals surface area (Å²) in [5.74, 6) is -2.02. The first-order valence-electron chi connectivity index (χ1n) is 10.8. The number of benzene rings is 3. The molecular formula is C24H23ClN4O6S2. The number of sulfonamides is 2. The predicted molar refractivity (Wildman–Crippen MR) is 142 cm³/mol. The second kappa shape index (κ2) is 9.96. The monoisotopic (exact) mass is 562 g/mol. The smallest absolute Gasteiger partial charge is 0.387 e. The van der Waals surface area contributed by atoms with E-state index in [1.54, 1.807) is 63.2 Å². The number of oxazole rings is 1. The highest BCUT2D eigenvalue weighted by Crippen LogP contribution is 2.31. The zero-order valence-electron chi connectivity index (χ0n) is 19.9. The Labute approximate surface area is 219 Å². The van der Waals surface area contributed by atoms with E-state index in [1.807, 2.05) is 0 Å². The second-order valence-corrected chi connectivity index (χ2v) is 12.0. The van der Waals surface area contributed by atoms with Crippen molar-refractivity contribution in [2.75, 3.05) is 14.9 Å². The average molecular weight is 563 g/mol. The third kappa shape index (κ3) is 5.66. The van der Waals surface area contributed by atoms with Crippen LogP contribution in [0.15, 0.2) is 85.7 Å². The molecule has 194 valence electrons. The van der Waals surface area contributed by atoms with Crippen LogP contribution in [0.1, 0.15) is 16.7 Å². The molecule has 3 N–H and O–H groups in total. The van der Waals surface area contributed by atoms with Crippen LogP contribution in [0.25, 0.3) is 0 Å². The first-order chi connectivity index (χ1) is 17.4. The summed E-state index contributed by atoms with van der Waals surface area (Å²) in [4.78, 5) is 14.8. The molecule has 0 saturated carbocycles. The van der Waals surface area contributed by atoms with Crippen LogP contribution in [-0.4, -0.2) is 21.5 Å². The lowest BCUT2D eigenvalue weighted by atomic mass is 10.2. The topological polar surface area (TPSA) is 140 Å². The summed E-state index contributed by atoms with van der Waals surface area (Å²) in [5, 5.41) is 3.26. The lowest BCUT2D eigenvalue weighted by molar-refractivity contribution is 0.510. The van der Waals surface area contributed by atoms with E-state index in [0.717, 1.165) is 11.1 Å². The number of nitrogens with zero attached hydrogens (tertiary/aromatic N) is 1. The van der Waals surface area contributed by atoms with Crippen LogP contribution in [0, 0.1) is 20.8 Å². The van der Waals surface area contributed by atoms with E-state index in [4.69, 9.17) is 16.0 Å². The van der Waals surface area contributed by atoms with E-state index in [1.165, 1.54) is 24.3 Å². The Kier molecular flexibility index (Phi) is 7.09. The van der Waals surface area contributed by atoms with Gasteiger partial charge in [-0.2, -0.15) is 13.1 Å². The van der Waals surface area contributed by atoms with Gasteiger partial charge in [0.25, 0.3) is 25.9 Å². The number of halogens is 1. The molecular weight excluding hydrogens is 540 g/mol. The Morgan fingerprint density at radius 1 is 0.784 bits per heavy atom. The number of rotatable bonds is 8. The van der Waals surface area contributed by atoms with Gasteiger partial charge in [0.15, 0.2) is 5.82 Å². The summed E-state index contributed by atoms with van der Waals surface area (Å²) >= 11 is 6.21. The average Bonchev–Trinajstić information content (AvgIpc) is 3.10. The summed E-state index contributed by atoms with van der Waals surface area (Å²) in [7, 11) is -8.47. The maximum absolute atomic E-state index is 13.0. The van der Waals surface area contributed by atoms with Gasteiger partial charge in [-0.25, -0.2) is 22.8 Å². The van der Waals surface area contributed by atoms with Crippen LogP contribution < -0.4 is 20.6 Å². The largest absolute Gasteiger partial charge is 0.442 e. The van der Waals surface area contributed by atoms with Crippen molar-refractivity contribution in [1.82, 2.24) is 4.68 Å². The molecule has 0 unspecified atom stereocenters. The molecule has 0 aliphatic carbocycles. The van der Waals surface area contributed by atoms with Crippen molar-refractivity contribution < 1.29 is 21.3 Å². The van der Waals surface area contributed by atoms with Crippen molar-refractivity contribution in [3.63, 3.8) is 0 Å². The van der Waals surface area contributed by atoms with E-state index in [0.29, 0.717) is 20.9 Å². The Hall–Kier alpha value is -3.74. The fourth-order valence-corrected chi connectivity index (χ4v) is 5.47. The van der Waals surface area contributed by atoms with Crippen molar-refractivity contribution in [2.45, 2.75) is 30.6 Å². The van der Waals surface area contributed by atoms with Crippen molar-refractivity contribution in [3.05, 3.63) is 99.0 Å². The van der Waals surface area contributed by atoms with Crippen LogP contribution >= 0.6 is 11.6 Å². The lowest BCUT2D eigenvalue weighted by Gasteiger charge is -2.15. The molecule has 0 atom stereocenters. The Morgan fingerprint density at radius 3 is 1.89 bits per heavy atom. The Morgan fingerprint density at radius 2 is 1.32 bits per heavy atom. The summed E-state index contributed by atoms with van der Waals surface area (Å²) < 4.78 is 60.1. The van der Waals surface area contributed by atoms with Crippen molar-refractivity contribution >= 4 is 49.0 Å². The molecule has 0 saturated heterocycles. The number of hydrogen-bond acceptors (Lipinski definition) is 7. The molecule has 4 rings (SSSR count). The predicted octanol–water partition coefficient (Wildman–Crippen LogP) is 4.50. The maximum atomic E-state index is 13.0. The molecule has 37 heavy (non-hydrogen) atoms. The van der Waals surface area contributed by atoms with Gasteiger partial charge in [0, 0.05) is 10.7 Å². The fourth-order valence-electron chi connectivity index (χ4n) is 3.30.